The van der Waals surface area contributed by atoms with E-state index in [4.69, 9.17) is 16.3 Å². The number of ether oxygens (including phenoxy) is 1. The van der Waals surface area contributed by atoms with Crippen LogP contribution in [0.15, 0.2) is 65.9 Å². The molecular formula is C19H16ClNO4. The Labute approximate surface area is 150 Å². The molecule has 2 aromatic rings. The Balaban J connectivity index is 2.14. The highest BCUT2D eigenvalue weighted by molar-refractivity contribution is 6.30. The molecular weight excluding hydrogens is 342 g/mol. The Morgan fingerprint density at radius 2 is 1.80 bits per heavy atom. The normalized spacial score (nSPS) is 17.1. The van der Waals surface area contributed by atoms with Gasteiger partial charge in [0, 0.05) is 10.7 Å². The van der Waals surface area contributed by atoms with E-state index >= 15 is 0 Å². The summed E-state index contributed by atoms with van der Waals surface area (Å²) in [5, 5.41) is 10.9. The van der Waals surface area contributed by atoms with Gasteiger partial charge in [-0.25, -0.2) is 4.79 Å². The number of halogens is 1. The van der Waals surface area contributed by atoms with Gasteiger partial charge in [0.15, 0.2) is 5.76 Å². The minimum atomic E-state index is -0.786. The third kappa shape index (κ3) is 3.10. The summed E-state index contributed by atoms with van der Waals surface area (Å²) in [6, 6.07) is 14.8. The summed E-state index contributed by atoms with van der Waals surface area (Å²) < 4.78 is 5.04. The van der Waals surface area contributed by atoms with Gasteiger partial charge in [0.2, 0.25) is 0 Å². The number of rotatable bonds is 4. The Morgan fingerprint density at radius 1 is 1.16 bits per heavy atom. The fourth-order valence-electron chi connectivity index (χ4n) is 2.84. The van der Waals surface area contributed by atoms with Crippen LogP contribution in [0.1, 0.15) is 18.5 Å². The van der Waals surface area contributed by atoms with Crippen molar-refractivity contribution in [2.45, 2.75) is 13.0 Å². The quantitative estimate of drug-likeness (QED) is 0.845. The van der Waals surface area contributed by atoms with Crippen molar-refractivity contribution in [1.82, 2.24) is 0 Å². The maximum absolute atomic E-state index is 12.7. The lowest BCUT2D eigenvalue weighted by Crippen LogP contribution is -2.31. The Kier molecular flexibility index (Phi) is 4.76. The molecule has 0 fully saturated rings. The van der Waals surface area contributed by atoms with Crippen molar-refractivity contribution in [3.63, 3.8) is 0 Å². The number of esters is 1. The number of anilines is 1. The first-order chi connectivity index (χ1) is 12.0. The summed E-state index contributed by atoms with van der Waals surface area (Å²) in [5.74, 6) is -1.96. The van der Waals surface area contributed by atoms with Crippen LogP contribution >= 0.6 is 11.6 Å². The number of amides is 1. The Hall–Kier alpha value is -2.79. The van der Waals surface area contributed by atoms with Gasteiger partial charge in [0.1, 0.15) is 5.57 Å². The third-order valence-electron chi connectivity index (χ3n) is 3.92. The predicted molar refractivity (Wildman–Crippen MR) is 94.4 cm³/mol. The molecule has 1 heterocycles. The van der Waals surface area contributed by atoms with Crippen LogP contribution < -0.4 is 4.90 Å². The zero-order chi connectivity index (χ0) is 18.0. The van der Waals surface area contributed by atoms with Crippen LogP contribution in [0.2, 0.25) is 5.02 Å². The van der Waals surface area contributed by atoms with Gasteiger partial charge in [-0.1, -0.05) is 41.9 Å². The van der Waals surface area contributed by atoms with Gasteiger partial charge in [-0.3, -0.25) is 9.69 Å². The number of para-hydroxylation sites is 1. The van der Waals surface area contributed by atoms with Crippen molar-refractivity contribution in [3.05, 3.63) is 76.5 Å². The molecule has 0 aliphatic carbocycles. The summed E-state index contributed by atoms with van der Waals surface area (Å²) in [6.45, 7) is 1.81. The minimum Gasteiger partial charge on any atom is -0.503 e. The summed E-state index contributed by atoms with van der Waals surface area (Å²) in [5.41, 5.74) is 1.14. The molecule has 1 amide bonds. The Bertz CT molecular complexity index is 830. The number of nitrogens with zero attached hydrogens (tertiary/aromatic N) is 1. The highest BCUT2D eigenvalue weighted by atomic mass is 35.5. The van der Waals surface area contributed by atoms with Crippen molar-refractivity contribution in [1.29, 1.82) is 0 Å². The van der Waals surface area contributed by atoms with E-state index in [1.54, 1.807) is 55.5 Å². The molecule has 0 aromatic heterocycles. The first-order valence-electron chi connectivity index (χ1n) is 7.79. The molecule has 5 nitrogen and oxygen atoms in total. The summed E-state index contributed by atoms with van der Waals surface area (Å²) in [4.78, 5) is 26.4. The number of benzene rings is 2. The fourth-order valence-corrected chi connectivity index (χ4v) is 2.96. The van der Waals surface area contributed by atoms with Crippen molar-refractivity contribution in [3.8, 4) is 0 Å². The molecule has 1 aliphatic heterocycles. The molecule has 1 atom stereocenters. The van der Waals surface area contributed by atoms with Crippen molar-refractivity contribution in [2.75, 3.05) is 11.5 Å². The SMILES string of the molecule is CCOC(=O)C1=C(O)C(=O)N(c2ccccc2)[C@H]1c1ccc(Cl)cc1. The van der Waals surface area contributed by atoms with Gasteiger partial charge in [-0.2, -0.15) is 0 Å². The van der Waals surface area contributed by atoms with Crippen LogP contribution in [0.4, 0.5) is 5.69 Å². The zero-order valence-electron chi connectivity index (χ0n) is 13.5. The molecule has 1 aliphatic rings. The standard InChI is InChI=1S/C19H16ClNO4/c1-2-25-19(24)15-16(12-8-10-13(20)11-9-12)21(18(23)17(15)22)14-6-4-3-5-7-14/h3-11,16,22H,2H2,1H3/t16-/m0/s1. The van der Waals surface area contributed by atoms with Gasteiger partial charge < -0.3 is 9.84 Å². The second-order valence-corrected chi connectivity index (χ2v) is 5.88. The summed E-state index contributed by atoms with van der Waals surface area (Å²) in [7, 11) is 0. The largest absolute Gasteiger partial charge is 0.503 e. The highest BCUT2D eigenvalue weighted by Gasteiger charge is 2.45. The summed E-state index contributed by atoms with van der Waals surface area (Å²) >= 11 is 5.94. The molecule has 3 rings (SSSR count). The number of hydrogen-bond acceptors (Lipinski definition) is 4. The Morgan fingerprint density at radius 3 is 2.40 bits per heavy atom. The van der Waals surface area contributed by atoms with Gasteiger partial charge in [0.25, 0.3) is 5.91 Å². The van der Waals surface area contributed by atoms with E-state index in [0.29, 0.717) is 16.3 Å². The van der Waals surface area contributed by atoms with Crippen LogP contribution in [-0.4, -0.2) is 23.6 Å². The van der Waals surface area contributed by atoms with E-state index in [1.807, 2.05) is 6.07 Å². The van der Waals surface area contributed by atoms with Gasteiger partial charge in [0.05, 0.1) is 12.6 Å². The predicted octanol–water partition coefficient (Wildman–Crippen LogP) is 3.80. The number of aliphatic hydroxyl groups excluding tert-OH is 1. The van der Waals surface area contributed by atoms with Crippen LogP contribution in [0, 0.1) is 0 Å². The lowest BCUT2D eigenvalue weighted by molar-refractivity contribution is -0.139. The second-order valence-electron chi connectivity index (χ2n) is 5.45. The van der Waals surface area contributed by atoms with Gasteiger partial charge >= 0.3 is 5.97 Å². The molecule has 25 heavy (non-hydrogen) atoms. The van der Waals surface area contributed by atoms with Gasteiger partial charge in [-0.15, -0.1) is 0 Å². The molecule has 0 spiro atoms. The summed E-state index contributed by atoms with van der Waals surface area (Å²) in [6.07, 6.45) is 0. The third-order valence-corrected chi connectivity index (χ3v) is 4.18. The number of carbonyl (C=O) groups excluding carboxylic acids is 2. The smallest absolute Gasteiger partial charge is 0.340 e. The van der Waals surface area contributed by atoms with Crippen molar-refractivity contribution in [2.24, 2.45) is 0 Å². The van der Waals surface area contributed by atoms with E-state index in [9.17, 15) is 14.7 Å². The van der Waals surface area contributed by atoms with Crippen LogP contribution in [0.3, 0.4) is 0 Å². The number of carbonyl (C=O) groups is 2. The molecule has 128 valence electrons. The van der Waals surface area contributed by atoms with E-state index in [1.165, 1.54) is 4.90 Å². The van der Waals surface area contributed by atoms with Crippen LogP contribution in [-0.2, 0) is 14.3 Å². The molecule has 1 N–H and O–H groups in total. The zero-order valence-corrected chi connectivity index (χ0v) is 14.2. The first-order valence-corrected chi connectivity index (χ1v) is 8.16. The molecule has 0 saturated heterocycles. The molecule has 0 saturated carbocycles. The monoisotopic (exact) mass is 357 g/mol. The fraction of sp³-hybridized carbons (Fsp3) is 0.158. The van der Waals surface area contributed by atoms with E-state index in [0.717, 1.165) is 0 Å². The maximum Gasteiger partial charge on any atom is 0.340 e. The van der Waals surface area contributed by atoms with Crippen molar-refractivity contribution >= 4 is 29.2 Å². The number of aliphatic hydroxyl groups is 1. The van der Waals surface area contributed by atoms with Gasteiger partial charge in [-0.05, 0) is 36.8 Å². The number of hydrogen-bond donors (Lipinski definition) is 1. The second kappa shape index (κ2) is 6.99. The average molecular weight is 358 g/mol. The molecule has 6 heteroatoms. The minimum absolute atomic E-state index is 0.0713. The molecule has 0 unspecified atom stereocenters. The molecule has 0 radical (unpaired) electrons. The van der Waals surface area contributed by atoms with E-state index in [-0.39, 0.29) is 12.2 Å². The average Bonchev–Trinajstić information content (AvgIpc) is 2.88. The van der Waals surface area contributed by atoms with Crippen LogP contribution in [0.25, 0.3) is 0 Å². The topological polar surface area (TPSA) is 66.8 Å². The highest BCUT2D eigenvalue weighted by Crippen LogP contribution is 2.41. The first kappa shape index (κ1) is 17.0. The lowest BCUT2D eigenvalue weighted by Gasteiger charge is -2.26. The van der Waals surface area contributed by atoms with E-state index in [2.05, 4.69) is 0 Å². The molecule has 0 bridgehead atoms. The van der Waals surface area contributed by atoms with Crippen LogP contribution in [0.5, 0.6) is 0 Å². The van der Waals surface area contributed by atoms with E-state index < -0.39 is 23.7 Å². The maximum atomic E-state index is 12.7. The lowest BCUT2D eigenvalue weighted by atomic mass is 9.99. The molecule has 2 aromatic carbocycles. The van der Waals surface area contributed by atoms with Crippen molar-refractivity contribution < 1.29 is 19.4 Å².